The van der Waals surface area contributed by atoms with Gasteiger partial charge in [-0.3, -0.25) is 4.79 Å². The van der Waals surface area contributed by atoms with Crippen LogP contribution in [0.4, 0.5) is 0 Å². The van der Waals surface area contributed by atoms with E-state index in [1.165, 1.54) is 0 Å². The number of aryl methyl sites for hydroxylation is 1. The highest BCUT2D eigenvalue weighted by atomic mass is 79.9. The molecule has 3 heteroatoms. The van der Waals surface area contributed by atoms with Crippen LogP contribution >= 0.6 is 15.9 Å². The second-order valence-electron chi connectivity index (χ2n) is 4.28. The molecule has 92 valence electrons. The molecule has 0 atom stereocenters. The van der Waals surface area contributed by atoms with E-state index in [1.54, 1.807) is 11.0 Å². The van der Waals surface area contributed by atoms with Crippen molar-refractivity contribution in [3.05, 3.63) is 46.5 Å². The van der Waals surface area contributed by atoms with E-state index in [4.69, 9.17) is 0 Å². The first-order valence-electron chi connectivity index (χ1n) is 5.66. The van der Waals surface area contributed by atoms with Gasteiger partial charge < -0.3 is 4.90 Å². The summed E-state index contributed by atoms with van der Waals surface area (Å²) in [5.74, 6) is 0.0375. The van der Waals surface area contributed by atoms with Gasteiger partial charge in [-0.15, -0.1) is 6.58 Å². The number of carbonyl (C=O) groups excluding carboxylic acids is 1. The van der Waals surface area contributed by atoms with Gasteiger partial charge in [0.15, 0.2) is 0 Å². The van der Waals surface area contributed by atoms with Crippen LogP contribution in [0.15, 0.2) is 35.3 Å². The highest BCUT2D eigenvalue weighted by Gasteiger charge is 2.19. The first kappa shape index (κ1) is 14.0. The Balaban J connectivity index is 3.09. The molecule has 0 aliphatic rings. The standard InChI is InChI=1S/C14H18BrNO/c1-5-9-16(10(2)3)14(17)12-8-6-7-11(4)13(12)15/h5-8,10H,1,9H2,2-4H3. The fourth-order valence-corrected chi connectivity index (χ4v) is 2.07. The molecule has 0 aliphatic heterocycles. The van der Waals surface area contributed by atoms with Crippen LogP contribution in [0.25, 0.3) is 0 Å². The van der Waals surface area contributed by atoms with Crippen LogP contribution in [0.2, 0.25) is 0 Å². The first-order chi connectivity index (χ1) is 7.99. The molecule has 0 N–H and O–H groups in total. The maximum absolute atomic E-state index is 12.4. The van der Waals surface area contributed by atoms with E-state index < -0.39 is 0 Å². The normalized spacial score (nSPS) is 10.4. The molecule has 0 aliphatic carbocycles. The Kier molecular flexibility index (Phi) is 4.94. The Morgan fingerprint density at radius 3 is 2.71 bits per heavy atom. The van der Waals surface area contributed by atoms with E-state index >= 15 is 0 Å². The lowest BCUT2D eigenvalue weighted by molar-refractivity contribution is 0.0727. The summed E-state index contributed by atoms with van der Waals surface area (Å²) in [7, 11) is 0. The zero-order valence-electron chi connectivity index (χ0n) is 10.5. The summed E-state index contributed by atoms with van der Waals surface area (Å²) in [5, 5.41) is 0. The highest BCUT2D eigenvalue weighted by molar-refractivity contribution is 9.10. The Bertz CT molecular complexity index is 426. The van der Waals surface area contributed by atoms with Crippen molar-refractivity contribution in [2.75, 3.05) is 6.54 Å². The summed E-state index contributed by atoms with van der Waals surface area (Å²) >= 11 is 3.48. The molecule has 0 radical (unpaired) electrons. The van der Waals surface area contributed by atoms with Crippen LogP contribution in [0.5, 0.6) is 0 Å². The molecule has 0 spiro atoms. The number of nitrogens with zero attached hydrogens (tertiary/aromatic N) is 1. The molecular weight excluding hydrogens is 278 g/mol. The lowest BCUT2D eigenvalue weighted by atomic mass is 10.1. The topological polar surface area (TPSA) is 20.3 Å². The van der Waals surface area contributed by atoms with Gasteiger partial charge in [0, 0.05) is 17.1 Å². The third kappa shape index (κ3) is 3.19. The molecule has 0 saturated heterocycles. The van der Waals surface area contributed by atoms with Gasteiger partial charge in [0.05, 0.1) is 5.56 Å². The number of hydrogen-bond acceptors (Lipinski definition) is 1. The highest BCUT2D eigenvalue weighted by Crippen LogP contribution is 2.23. The molecule has 0 unspecified atom stereocenters. The average molecular weight is 296 g/mol. The molecule has 1 aromatic carbocycles. The van der Waals surface area contributed by atoms with Gasteiger partial charge >= 0.3 is 0 Å². The van der Waals surface area contributed by atoms with Crippen molar-refractivity contribution in [2.24, 2.45) is 0 Å². The van der Waals surface area contributed by atoms with Gasteiger partial charge in [0.1, 0.15) is 0 Å². The van der Waals surface area contributed by atoms with Crippen molar-refractivity contribution in [1.82, 2.24) is 4.90 Å². The van der Waals surface area contributed by atoms with E-state index in [9.17, 15) is 4.79 Å². The Morgan fingerprint density at radius 1 is 1.53 bits per heavy atom. The van der Waals surface area contributed by atoms with Gasteiger partial charge in [0.2, 0.25) is 0 Å². The maximum Gasteiger partial charge on any atom is 0.255 e. The molecule has 1 aromatic rings. The van der Waals surface area contributed by atoms with Gasteiger partial charge in [-0.1, -0.05) is 18.2 Å². The van der Waals surface area contributed by atoms with Gasteiger partial charge in [-0.25, -0.2) is 0 Å². The molecule has 1 amide bonds. The fourth-order valence-electron chi connectivity index (χ4n) is 1.63. The van der Waals surface area contributed by atoms with Crippen molar-refractivity contribution in [3.8, 4) is 0 Å². The molecule has 2 nitrogen and oxygen atoms in total. The zero-order chi connectivity index (χ0) is 13.0. The summed E-state index contributed by atoms with van der Waals surface area (Å²) < 4.78 is 0.875. The van der Waals surface area contributed by atoms with E-state index in [0.29, 0.717) is 12.1 Å². The quantitative estimate of drug-likeness (QED) is 0.774. The van der Waals surface area contributed by atoms with Gasteiger partial charge in [-0.2, -0.15) is 0 Å². The molecule has 17 heavy (non-hydrogen) atoms. The monoisotopic (exact) mass is 295 g/mol. The van der Waals surface area contributed by atoms with Gasteiger partial charge in [-0.05, 0) is 48.3 Å². The third-order valence-corrected chi connectivity index (χ3v) is 3.68. The second-order valence-corrected chi connectivity index (χ2v) is 5.07. The predicted molar refractivity (Wildman–Crippen MR) is 75.2 cm³/mol. The maximum atomic E-state index is 12.4. The summed E-state index contributed by atoms with van der Waals surface area (Å²) in [4.78, 5) is 14.2. The van der Waals surface area contributed by atoms with E-state index in [0.717, 1.165) is 10.0 Å². The number of amides is 1. The van der Waals surface area contributed by atoms with Crippen LogP contribution in [0.1, 0.15) is 29.8 Å². The Hall–Kier alpha value is -1.09. The summed E-state index contributed by atoms with van der Waals surface area (Å²) in [5.41, 5.74) is 1.78. The minimum atomic E-state index is 0.0375. The Labute approximate surface area is 111 Å². The molecule has 0 fully saturated rings. The van der Waals surface area contributed by atoms with Crippen molar-refractivity contribution >= 4 is 21.8 Å². The van der Waals surface area contributed by atoms with E-state index in [1.807, 2.05) is 39.0 Å². The number of rotatable bonds is 4. The van der Waals surface area contributed by atoms with Crippen LogP contribution < -0.4 is 0 Å². The van der Waals surface area contributed by atoms with E-state index in [2.05, 4.69) is 22.5 Å². The van der Waals surface area contributed by atoms with Crippen LogP contribution in [-0.2, 0) is 0 Å². The largest absolute Gasteiger partial charge is 0.332 e. The average Bonchev–Trinajstić information content (AvgIpc) is 2.28. The first-order valence-corrected chi connectivity index (χ1v) is 6.45. The third-order valence-electron chi connectivity index (χ3n) is 2.63. The van der Waals surface area contributed by atoms with Crippen LogP contribution in [0, 0.1) is 6.92 Å². The number of benzene rings is 1. The lowest BCUT2D eigenvalue weighted by Crippen LogP contribution is -2.37. The second kappa shape index (κ2) is 6.01. The van der Waals surface area contributed by atoms with Crippen LogP contribution in [-0.4, -0.2) is 23.4 Å². The summed E-state index contributed by atoms with van der Waals surface area (Å²) in [6.07, 6.45) is 1.75. The molecule has 0 saturated carbocycles. The Morgan fingerprint density at radius 2 is 2.18 bits per heavy atom. The fraction of sp³-hybridized carbons (Fsp3) is 0.357. The van der Waals surface area contributed by atoms with Crippen molar-refractivity contribution in [2.45, 2.75) is 26.8 Å². The molecule has 0 heterocycles. The van der Waals surface area contributed by atoms with E-state index in [-0.39, 0.29) is 11.9 Å². The van der Waals surface area contributed by atoms with Crippen LogP contribution in [0.3, 0.4) is 0 Å². The summed E-state index contributed by atoms with van der Waals surface area (Å²) in [6.45, 7) is 10.3. The molecule has 0 aromatic heterocycles. The number of halogens is 1. The molecule has 0 bridgehead atoms. The number of carbonyl (C=O) groups is 1. The minimum absolute atomic E-state index is 0.0375. The van der Waals surface area contributed by atoms with Crippen molar-refractivity contribution in [1.29, 1.82) is 0 Å². The lowest BCUT2D eigenvalue weighted by Gasteiger charge is -2.26. The molecular formula is C14H18BrNO. The summed E-state index contributed by atoms with van der Waals surface area (Å²) in [6, 6.07) is 5.89. The minimum Gasteiger partial charge on any atom is -0.332 e. The predicted octanol–water partition coefficient (Wildman–Crippen LogP) is 3.79. The van der Waals surface area contributed by atoms with Crippen molar-refractivity contribution < 1.29 is 4.79 Å². The van der Waals surface area contributed by atoms with Gasteiger partial charge in [0.25, 0.3) is 5.91 Å². The SMILES string of the molecule is C=CCN(C(=O)c1cccc(C)c1Br)C(C)C. The van der Waals surface area contributed by atoms with Crippen molar-refractivity contribution in [3.63, 3.8) is 0 Å². The zero-order valence-corrected chi connectivity index (χ0v) is 12.1. The number of hydrogen-bond donors (Lipinski definition) is 0. The molecule has 1 rings (SSSR count). The smallest absolute Gasteiger partial charge is 0.255 e.